The fraction of sp³-hybridized carbons (Fsp3) is 0.278. The van der Waals surface area contributed by atoms with E-state index in [-0.39, 0.29) is 11.9 Å². The number of carbonyl (C=O) groups is 2. The van der Waals surface area contributed by atoms with Gasteiger partial charge in [0.25, 0.3) is 0 Å². The first-order valence-electron chi connectivity index (χ1n) is 7.93. The Morgan fingerprint density at radius 1 is 1.25 bits per heavy atom. The number of hydrogen-bond donors (Lipinski definition) is 1. The lowest BCUT2D eigenvalue weighted by Crippen LogP contribution is -2.47. The Morgan fingerprint density at radius 2 is 1.96 bits per heavy atom. The third-order valence-electron chi connectivity index (χ3n) is 4.23. The molecule has 1 atom stereocenters. The number of pyridine rings is 1. The number of aromatic nitrogens is 1. The normalized spacial score (nSPS) is 17.0. The first-order chi connectivity index (χ1) is 11.7. The van der Waals surface area contributed by atoms with E-state index in [2.05, 4.69) is 10.3 Å². The lowest BCUT2D eigenvalue weighted by molar-refractivity contribution is -0.120. The van der Waals surface area contributed by atoms with Crippen molar-refractivity contribution in [2.45, 2.75) is 19.0 Å². The second-order valence-corrected chi connectivity index (χ2v) is 5.75. The zero-order valence-electron chi connectivity index (χ0n) is 13.6. The van der Waals surface area contributed by atoms with Crippen LogP contribution in [0.2, 0.25) is 0 Å². The first kappa shape index (κ1) is 16.0. The monoisotopic (exact) mass is 324 g/mol. The van der Waals surface area contributed by atoms with E-state index in [1.54, 1.807) is 24.3 Å². The summed E-state index contributed by atoms with van der Waals surface area (Å²) in [6.45, 7) is 1.03. The van der Waals surface area contributed by atoms with Crippen LogP contribution in [-0.4, -0.2) is 41.5 Å². The van der Waals surface area contributed by atoms with Gasteiger partial charge in [-0.15, -0.1) is 0 Å². The summed E-state index contributed by atoms with van der Waals surface area (Å²) in [6, 6.07) is 12.6. The Bertz CT molecular complexity index is 705. The maximum atomic E-state index is 12.6. The molecule has 0 saturated carbocycles. The number of likely N-dealkylation sites (N-methyl/N-ethyl adjacent to an activating group) is 1. The fourth-order valence-corrected chi connectivity index (χ4v) is 2.83. The van der Waals surface area contributed by atoms with Crippen molar-refractivity contribution in [3.05, 3.63) is 60.4 Å². The summed E-state index contributed by atoms with van der Waals surface area (Å²) >= 11 is 0. The Kier molecular flexibility index (Phi) is 4.74. The van der Waals surface area contributed by atoms with Gasteiger partial charge in [-0.25, -0.2) is 4.79 Å². The summed E-state index contributed by atoms with van der Waals surface area (Å²) < 4.78 is 0. The third-order valence-corrected chi connectivity index (χ3v) is 4.23. The molecule has 6 heteroatoms. The van der Waals surface area contributed by atoms with Crippen LogP contribution in [0.3, 0.4) is 0 Å². The van der Waals surface area contributed by atoms with E-state index >= 15 is 0 Å². The zero-order valence-corrected chi connectivity index (χ0v) is 13.6. The molecule has 2 aromatic rings. The van der Waals surface area contributed by atoms with Crippen molar-refractivity contribution < 1.29 is 9.59 Å². The highest BCUT2D eigenvalue weighted by molar-refractivity contribution is 6.01. The van der Waals surface area contributed by atoms with Crippen LogP contribution in [0.25, 0.3) is 0 Å². The van der Waals surface area contributed by atoms with Crippen LogP contribution in [0.4, 0.5) is 10.5 Å². The molecule has 1 aliphatic rings. The van der Waals surface area contributed by atoms with Crippen LogP contribution in [0.5, 0.6) is 0 Å². The van der Waals surface area contributed by atoms with Crippen LogP contribution < -0.4 is 10.2 Å². The highest BCUT2D eigenvalue weighted by Gasteiger charge is 2.37. The topological polar surface area (TPSA) is 65.5 Å². The van der Waals surface area contributed by atoms with E-state index in [1.165, 1.54) is 4.90 Å². The van der Waals surface area contributed by atoms with Crippen molar-refractivity contribution in [2.75, 3.05) is 18.5 Å². The summed E-state index contributed by atoms with van der Waals surface area (Å²) in [6.07, 6.45) is 4.00. The molecule has 1 fully saturated rings. The molecule has 0 aliphatic carbocycles. The maximum absolute atomic E-state index is 12.6. The number of amides is 3. The summed E-state index contributed by atoms with van der Waals surface area (Å²) in [7, 11) is 1.67. The highest BCUT2D eigenvalue weighted by atomic mass is 16.2. The Morgan fingerprint density at radius 3 is 2.67 bits per heavy atom. The molecule has 1 aromatic carbocycles. The molecule has 0 spiro atoms. The maximum Gasteiger partial charge on any atom is 0.318 e. The summed E-state index contributed by atoms with van der Waals surface area (Å²) in [5.41, 5.74) is 1.84. The quantitative estimate of drug-likeness (QED) is 0.936. The van der Waals surface area contributed by atoms with Crippen LogP contribution in [0.1, 0.15) is 12.0 Å². The van der Waals surface area contributed by atoms with Gasteiger partial charge < -0.3 is 15.1 Å². The summed E-state index contributed by atoms with van der Waals surface area (Å²) in [5, 5.41) is 2.84. The minimum atomic E-state index is -0.428. The van der Waals surface area contributed by atoms with Crippen molar-refractivity contribution in [2.24, 2.45) is 0 Å². The van der Waals surface area contributed by atoms with E-state index in [0.717, 1.165) is 11.3 Å². The molecule has 6 nitrogen and oxygen atoms in total. The van der Waals surface area contributed by atoms with Gasteiger partial charge in [-0.3, -0.25) is 9.78 Å². The van der Waals surface area contributed by atoms with Gasteiger partial charge in [-0.1, -0.05) is 18.2 Å². The molecule has 3 amide bonds. The van der Waals surface area contributed by atoms with Gasteiger partial charge in [-0.05, 0) is 36.2 Å². The number of hydrogen-bond acceptors (Lipinski definition) is 3. The highest BCUT2D eigenvalue weighted by Crippen LogP contribution is 2.23. The van der Waals surface area contributed by atoms with Gasteiger partial charge in [0.05, 0.1) is 0 Å². The van der Waals surface area contributed by atoms with E-state index in [9.17, 15) is 9.59 Å². The Labute approximate surface area is 141 Å². The number of nitrogens with zero attached hydrogens (tertiary/aromatic N) is 3. The zero-order chi connectivity index (χ0) is 16.9. The lowest BCUT2D eigenvalue weighted by Gasteiger charge is -2.24. The predicted octanol–water partition coefficient (Wildman–Crippen LogP) is 2.03. The first-order valence-corrected chi connectivity index (χ1v) is 7.93. The van der Waals surface area contributed by atoms with Crippen molar-refractivity contribution in [1.29, 1.82) is 0 Å². The molecule has 1 aliphatic heterocycles. The van der Waals surface area contributed by atoms with Crippen LogP contribution >= 0.6 is 0 Å². The average Bonchev–Trinajstić information content (AvgIpc) is 3.02. The van der Waals surface area contributed by atoms with Gasteiger partial charge in [0.15, 0.2) is 0 Å². The Balaban J connectivity index is 1.60. The molecular formula is C18H20N4O2. The van der Waals surface area contributed by atoms with Crippen LogP contribution in [0, 0.1) is 0 Å². The second-order valence-electron chi connectivity index (χ2n) is 5.75. The number of benzene rings is 1. The number of anilines is 1. The number of nitrogens with one attached hydrogen (secondary N) is 1. The van der Waals surface area contributed by atoms with Crippen LogP contribution in [-0.2, 0) is 11.3 Å². The molecule has 3 rings (SSSR count). The van der Waals surface area contributed by atoms with E-state index in [4.69, 9.17) is 0 Å². The fourth-order valence-electron chi connectivity index (χ4n) is 2.83. The molecule has 24 heavy (non-hydrogen) atoms. The molecule has 0 bridgehead atoms. The summed E-state index contributed by atoms with van der Waals surface area (Å²) in [5.74, 6) is -0.0391. The smallest absolute Gasteiger partial charge is 0.318 e. The van der Waals surface area contributed by atoms with Crippen molar-refractivity contribution in [3.8, 4) is 0 Å². The van der Waals surface area contributed by atoms with Crippen molar-refractivity contribution in [1.82, 2.24) is 15.2 Å². The Hall–Kier alpha value is -2.89. The third kappa shape index (κ3) is 3.37. The summed E-state index contributed by atoms with van der Waals surface area (Å²) in [4.78, 5) is 32.1. The molecule has 1 unspecified atom stereocenters. The molecule has 124 valence electrons. The van der Waals surface area contributed by atoms with E-state index in [0.29, 0.717) is 19.5 Å². The number of carbonyl (C=O) groups excluding carboxylic acids is 2. The second kappa shape index (κ2) is 7.12. The number of para-hydroxylation sites is 1. The van der Waals surface area contributed by atoms with Gasteiger partial charge in [-0.2, -0.15) is 0 Å². The standard InChI is InChI=1S/C18H20N4O2/c1-21(18(24)20-13-14-7-10-19-11-8-14)16-9-12-22(17(16)23)15-5-3-2-4-6-15/h2-8,10-11,16H,9,12-13H2,1H3,(H,20,24). The van der Waals surface area contributed by atoms with Crippen molar-refractivity contribution >= 4 is 17.6 Å². The molecule has 1 saturated heterocycles. The van der Waals surface area contributed by atoms with Gasteiger partial charge in [0.1, 0.15) is 6.04 Å². The van der Waals surface area contributed by atoms with E-state index in [1.807, 2.05) is 42.5 Å². The molecule has 1 aromatic heterocycles. The lowest BCUT2D eigenvalue weighted by atomic mass is 10.2. The minimum absolute atomic E-state index is 0.0391. The van der Waals surface area contributed by atoms with Crippen molar-refractivity contribution in [3.63, 3.8) is 0 Å². The molecule has 1 N–H and O–H groups in total. The molecule has 0 radical (unpaired) electrons. The largest absolute Gasteiger partial charge is 0.334 e. The SMILES string of the molecule is CN(C(=O)NCc1ccncc1)C1CCN(c2ccccc2)C1=O. The van der Waals surface area contributed by atoms with Gasteiger partial charge in [0, 0.05) is 38.2 Å². The predicted molar refractivity (Wildman–Crippen MR) is 91.4 cm³/mol. The molecular weight excluding hydrogens is 304 g/mol. The van der Waals surface area contributed by atoms with E-state index < -0.39 is 6.04 Å². The molecule has 2 heterocycles. The number of rotatable bonds is 4. The van der Waals surface area contributed by atoms with Gasteiger partial charge in [0.2, 0.25) is 5.91 Å². The van der Waals surface area contributed by atoms with Gasteiger partial charge >= 0.3 is 6.03 Å². The number of urea groups is 1. The minimum Gasteiger partial charge on any atom is -0.334 e. The average molecular weight is 324 g/mol. The van der Waals surface area contributed by atoms with Crippen LogP contribution in [0.15, 0.2) is 54.9 Å².